The van der Waals surface area contributed by atoms with E-state index in [1.165, 1.54) is 30.1 Å². The Hall–Kier alpha value is -2.35. The van der Waals surface area contributed by atoms with Gasteiger partial charge < -0.3 is 10.3 Å². The Morgan fingerprint density at radius 3 is 2.90 bits per heavy atom. The number of anilines is 1. The lowest BCUT2D eigenvalue weighted by Gasteiger charge is -2.06. The van der Waals surface area contributed by atoms with E-state index in [1.54, 1.807) is 6.07 Å². The minimum atomic E-state index is -0.408. The molecule has 8 heteroatoms. The molecule has 0 aliphatic rings. The molecule has 0 fully saturated rings. The Labute approximate surface area is 125 Å². The highest BCUT2D eigenvalue weighted by atomic mass is 32.2. The second kappa shape index (κ2) is 6.89. The molecule has 1 aromatic heterocycles. The molecule has 0 spiro atoms. The number of nitro groups is 1. The zero-order valence-corrected chi connectivity index (χ0v) is 12.1. The lowest BCUT2D eigenvalue weighted by atomic mass is 10.2. The van der Waals surface area contributed by atoms with Crippen molar-refractivity contribution >= 4 is 23.1 Å². The molecule has 0 radical (unpaired) electrons. The van der Waals surface area contributed by atoms with Crippen molar-refractivity contribution in [2.75, 3.05) is 11.9 Å². The third-order valence-corrected chi connectivity index (χ3v) is 3.61. The average molecular weight is 306 g/mol. The molecule has 0 amide bonds. The quantitative estimate of drug-likeness (QED) is 0.368. The molecule has 2 rings (SSSR count). The molecule has 0 saturated carbocycles. The smallest absolute Gasteiger partial charge is 0.292 e. The number of rotatable bonds is 6. The highest BCUT2D eigenvalue weighted by Gasteiger charge is 2.14. The van der Waals surface area contributed by atoms with Crippen molar-refractivity contribution in [3.8, 4) is 0 Å². The van der Waals surface area contributed by atoms with Crippen LogP contribution in [0.3, 0.4) is 0 Å². The van der Waals surface area contributed by atoms with Crippen LogP contribution in [0.25, 0.3) is 0 Å². The van der Waals surface area contributed by atoms with E-state index in [4.69, 9.17) is 0 Å². The SMILES string of the molecule is CCNc1ccc(CSc2nccc(=O)[nH]2)cc1[N+](=O)[O-]. The summed E-state index contributed by atoms with van der Waals surface area (Å²) in [7, 11) is 0. The third-order valence-electron chi connectivity index (χ3n) is 2.65. The first-order chi connectivity index (χ1) is 10.1. The van der Waals surface area contributed by atoms with Gasteiger partial charge in [0.05, 0.1) is 4.92 Å². The van der Waals surface area contributed by atoms with Crippen LogP contribution in [-0.4, -0.2) is 21.4 Å². The number of H-pyrrole nitrogens is 1. The molecule has 21 heavy (non-hydrogen) atoms. The van der Waals surface area contributed by atoms with Crippen molar-refractivity contribution in [1.82, 2.24) is 9.97 Å². The van der Waals surface area contributed by atoms with Gasteiger partial charge in [0, 0.05) is 30.6 Å². The first kappa shape index (κ1) is 15.0. The van der Waals surface area contributed by atoms with E-state index in [1.807, 2.05) is 13.0 Å². The second-order valence-electron chi connectivity index (χ2n) is 4.17. The van der Waals surface area contributed by atoms with Crippen molar-refractivity contribution in [2.45, 2.75) is 17.8 Å². The van der Waals surface area contributed by atoms with E-state index in [0.29, 0.717) is 23.1 Å². The highest BCUT2D eigenvalue weighted by molar-refractivity contribution is 7.98. The Kier molecular flexibility index (Phi) is 4.94. The van der Waals surface area contributed by atoms with Crippen LogP contribution in [0.4, 0.5) is 11.4 Å². The zero-order chi connectivity index (χ0) is 15.2. The first-order valence-corrected chi connectivity index (χ1v) is 7.28. The monoisotopic (exact) mass is 306 g/mol. The molecular weight excluding hydrogens is 292 g/mol. The van der Waals surface area contributed by atoms with E-state index in [-0.39, 0.29) is 11.2 Å². The van der Waals surface area contributed by atoms with E-state index >= 15 is 0 Å². The summed E-state index contributed by atoms with van der Waals surface area (Å²) in [5.41, 5.74) is 1.12. The molecule has 110 valence electrons. The van der Waals surface area contributed by atoms with Gasteiger partial charge in [0.25, 0.3) is 11.2 Å². The van der Waals surface area contributed by atoms with Crippen LogP contribution in [-0.2, 0) is 5.75 Å². The van der Waals surface area contributed by atoms with Crippen LogP contribution in [0.2, 0.25) is 0 Å². The van der Waals surface area contributed by atoms with Crippen LogP contribution < -0.4 is 10.9 Å². The van der Waals surface area contributed by atoms with Crippen molar-refractivity contribution in [1.29, 1.82) is 0 Å². The fourth-order valence-electron chi connectivity index (χ4n) is 1.74. The topological polar surface area (TPSA) is 101 Å². The molecule has 2 aromatic rings. The largest absolute Gasteiger partial charge is 0.380 e. The van der Waals surface area contributed by atoms with Gasteiger partial charge in [-0.1, -0.05) is 17.8 Å². The first-order valence-electron chi connectivity index (χ1n) is 6.29. The summed E-state index contributed by atoms with van der Waals surface area (Å²) in [4.78, 5) is 28.4. The molecule has 0 aliphatic carbocycles. The van der Waals surface area contributed by atoms with E-state index in [0.717, 1.165) is 5.56 Å². The van der Waals surface area contributed by atoms with Gasteiger partial charge in [-0.25, -0.2) is 4.98 Å². The Bertz CT molecular complexity index is 702. The van der Waals surface area contributed by atoms with Crippen LogP contribution >= 0.6 is 11.8 Å². The summed E-state index contributed by atoms with van der Waals surface area (Å²) in [6.07, 6.45) is 1.43. The number of nitrogens with zero attached hydrogens (tertiary/aromatic N) is 2. The third kappa shape index (κ3) is 4.06. The molecule has 7 nitrogen and oxygen atoms in total. The van der Waals surface area contributed by atoms with Gasteiger partial charge in [0.1, 0.15) is 5.69 Å². The molecule has 1 aromatic carbocycles. The summed E-state index contributed by atoms with van der Waals surface area (Å²) < 4.78 is 0. The van der Waals surface area contributed by atoms with Crippen LogP contribution in [0.15, 0.2) is 40.4 Å². The van der Waals surface area contributed by atoms with Crippen LogP contribution in [0, 0.1) is 10.1 Å². The lowest BCUT2D eigenvalue weighted by Crippen LogP contribution is -2.05. The molecular formula is C13H14N4O3S. The van der Waals surface area contributed by atoms with Gasteiger partial charge in [-0.3, -0.25) is 14.9 Å². The Balaban J connectivity index is 2.15. The van der Waals surface area contributed by atoms with Crippen molar-refractivity contribution in [2.24, 2.45) is 0 Å². The summed E-state index contributed by atoms with van der Waals surface area (Å²) in [6, 6.07) is 6.38. The fourth-order valence-corrected chi connectivity index (χ4v) is 2.53. The molecule has 0 atom stereocenters. The van der Waals surface area contributed by atoms with Crippen molar-refractivity contribution in [3.63, 3.8) is 0 Å². The number of benzene rings is 1. The normalized spacial score (nSPS) is 10.3. The standard InChI is InChI=1S/C13H14N4O3S/c1-2-14-10-4-3-9(7-11(10)17(19)20)8-21-13-15-6-5-12(18)16-13/h3-7,14H,2,8H2,1H3,(H,15,16,18). The maximum Gasteiger partial charge on any atom is 0.292 e. The molecule has 0 bridgehead atoms. The predicted molar refractivity (Wildman–Crippen MR) is 81.7 cm³/mol. The number of thioether (sulfide) groups is 1. The Morgan fingerprint density at radius 2 is 2.24 bits per heavy atom. The average Bonchev–Trinajstić information content (AvgIpc) is 2.46. The number of nitro benzene ring substituents is 1. The molecule has 0 aliphatic heterocycles. The molecule has 0 saturated heterocycles. The van der Waals surface area contributed by atoms with Crippen LogP contribution in [0.5, 0.6) is 0 Å². The van der Waals surface area contributed by atoms with Gasteiger partial charge in [-0.15, -0.1) is 0 Å². The van der Waals surface area contributed by atoms with Gasteiger partial charge in [0.2, 0.25) is 0 Å². The zero-order valence-electron chi connectivity index (χ0n) is 11.3. The Morgan fingerprint density at radius 1 is 1.43 bits per heavy atom. The van der Waals surface area contributed by atoms with E-state index in [9.17, 15) is 14.9 Å². The second-order valence-corrected chi connectivity index (χ2v) is 5.13. The minimum Gasteiger partial charge on any atom is -0.380 e. The lowest BCUT2D eigenvalue weighted by molar-refractivity contribution is -0.384. The van der Waals surface area contributed by atoms with Gasteiger partial charge in [-0.2, -0.15) is 0 Å². The van der Waals surface area contributed by atoms with Gasteiger partial charge >= 0.3 is 0 Å². The van der Waals surface area contributed by atoms with E-state index in [2.05, 4.69) is 15.3 Å². The maximum atomic E-state index is 11.2. The predicted octanol–water partition coefficient (Wildman–Crippen LogP) is 2.40. The number of aromatic nitrogens is 2. The fraction of sp³-hybridized carbons (Fsp3) is 0.231. The van der Waals surface area contributed by atoms with Crippen LogP contribution in [0.1, 0.15) is 12.5 Å². The maximum absolute atomic E-state index is 11.2. The number of hydrogen-bond donors (Lipinski definition) is 2. The minimum absolute atomic E-state index is 0.0458. The summed E-state index contributed by atoms with van der Waals surface area (Å²) in [5.74, 6) is 0.486. The highest BCUT2D eigenvalue weighted by Crippen LogP contribution is 2.28. The summed E-state index contributed by atoms with van der Waals surface area (Å²) in [5, 5.41) is 14.5. The molecule has 1 heterocycles. The number of nitrogens with one attached hydrogen (secondary N) is 2. The summed E-state index contributed by atoms with van der Waals surface area (Å²) in [6.45, 7) is 2.50. The molecule has 0 unspecified atom stereocenters. The number of aromatic amines is 1. The van der Waals surface area contributed by atoms with E-state index < -0.39 is 4.92 Å². The van der Waals surface area contributed by atoms with Gasteiger partial charge in [-0.05, 0) is 18.6 Å². The van der Waals surface area contributed by atoms with Gasteiger partial charge in [0.15, 0.2) is 5.16 Å². The van der Waals surface area contributed by atoms with Crippen molar-refractivity contribution < 1.29 is 4.92 Å². The summed E-state index contributed by atoms with van der Waals surface area (Å²) >= 11 is 1.32. The number of hydrogen-bond acceptors (Lipinski definition) is 6. The van der Waals surface area contributed by atoms with Crippen molar-refractivity contribution in [3.05, 3.63) is 56.5 Å². The molecule has 2 N–H and O–H groups in total.